The average molecular weight is 387 g/mol. The second-order valence-electron chi connectivity index (χ2n) is 6.20. The maximum atomic E-state index is 13.5. The number of benzene rings is 2. The number of carbonyl (C=O) groups is 1. The second kappa shape index (κ2) is 6.91. The third-order valence-corrected chi connectivity index (χ3v) is 4.96. The normalized spacial score (nSPS) is 16.9. The summed E-state index contributed by atoms with van der Waals surface area (Å²) in [7, 11) is 1.15. The number of aryl methyl sites for hydroxylation is 1. The first-order valence-corrected chi connectivity index (χ1v) is 8.37. The minimum atomic E-state index is -4.65. The first-order chi connectivity index (χ1) is 12.2. The maximum absolute atomic E-state index is 13.5. The molecule has 0 spiro atoms. The Morgan fingerprint density at radius 3 is 2.58 bits per heavy atom. The van der Waals surface area contributed by atoms with Crippen LogP contribution in [0.2, 0.25) is 5.02 Å². The number of hydrogen-bond acceptors (Lipinski definition) is 2. The van der Waals surface area contributed by atoms with E-state index in [0.717, 1.165) is 30.4 Å². The van der Waals surface area contributed by atoms with Crippen LogP contribution < -0.4 is 0 Å². The summed E-state index contributed by atoms with van der Waals surface area (Å²) in [4.78, 5) is 12.1. The Hall–Kier alpha value is -2.08. The van der Waals surface area contributed by atoms with Gasteiger partial charge in [-0.1, -0.05) is 17.7 Å². The van der Waals surface area contributed by atoms with Crippen molar-refractivity contribution in [3.8, 4) is 0 Å². The van der Waals surface area contributed by atoms with Gasteiger partial charge in [-0.2, -0.15) is 13.2 Å². The summed E-state index contributed by atoms with van der Waals surface area (Å²) in [5.74, 6) is -1.62. The minimum Gasteiger partial charge on any atom is -0.465 e. The van der Waals surface area contributed by atoms with Crippen molar-refractivity contribution in [2.24, 2.45) is 0 Å². The molecule has 2 aromatic rings. The summed E-state index contributed by atoms with van der Waals surface area (Å²) in [6, 6.07) is 6.15. The molecular formula is C19H15ClF4O2. The predicted molar refractivity (Wildman–Crippen MR) is 89.0 cm³/mol. The molecule has 2 aromatic carbocycles. The van der Waals surface area contributed by atoms with Crippen molar-refractivity contribution in [2.45, 2.75) is 31.4 Å². The van der Waals surface area contributed by atoms with Crippen LogP contribution in [0.25, 0.3) is 0 Å². The van der Waals surface area contributed by atoms with Crippen LogP contribution in [-0.4, -0.2) is 13.1 Å². The van der Waals surface area contributed by atoms with Crippen molar-refractivity contribution in [1.82, 2.24) is 0 Å². The number of alkyl halides is 3. The molecule has 0 saturated heterocycles. The lowest BCUT2D eigenvalue weighted by atomic mass is 9.77. The molecule has 0 N–H and O–H groups in total. The van der Waals surface area contributed by atoms with E-state index in [0.29, 0.717) is 19.3 Å². The van der Waals surface area contributed by atoms with Crippen LogP contribution in [0.3, 0.4) is 0 Å². The lowest BCUT2D eigenvalue weighted by Gasteiger charge is -2.28. The highest BCUT2D eigenvalue weighted by molar-refractivity contribution is 6.31. The van der Waals surface area contributed by atoms with E-state index in [2.05, 4.69) is 0 Å². The fourth-order valence-electron chi connectivity index (χ4n) is 3.49. The summed E-state index contributed by atoms with van der Waals surface area (Å²) in [6.45, 7) is 0. The highest BCUT2D eigenvalue weighted by Gasteiger charge is 2.36. The molecule has 0 aromatic heterocycles. The molecular weight excluding hydrogens is 372 g/mol. The summed E-state index contributed by atoms with van der Waals surface area (Å²) in [5.41, 5.74) is 0.642. The Morgan fingerprint density at radius 2 is 1.92 bits per heavy atom. The zero-order valence-corrected chi connectivity index (χ0v) is 14.5. The van der Waals surface area contributed by atoms with E-state index >= 15 is 0 Å². The molecule has 0 bridgehead atoms. The number of carbonyl (C=O) groups excluding carboxylic acids is 1. The molecule has 7 heteroatoms. The fourth-order valence-corrected chi connectivity index (χ4v) is 3.76. The summed E-state index contributed by atoms with van der Waals surface area (Å²) in [5, 5.41) is -0.559. The SMILES string of the molecule is COC(=O)c1cc(Cl)c(C(F)(F)F)cc1C1CCCc2cc(F)ccc21. The van der Waals surface area contributed by atoms with Gasteiger partial charge in [0.25, 0.3) is 0 Å². The molecule has 1 aliphatic carbocycles. The summed E-state index contributed by atoms with van der Waals surface area (Å²) < 4.78 is 58.2. The third-order valence-electron chi connectivity index (χ3n) is 4.64. The number of methoxy groups -OCH3 is 1. The van der Waals surface area contributed by atoms with Crippen molar-refractivity contribution in [3.05, 3.63) is 69.0 Å². The number of esters is 1. The Labute approximate surface area is 152 Å². The minimum absolute atomic E-state index is 0.00678. The highest BCUT2D eigenvalue weighted by Crippen LogP contribution is 2.43. The van der Waals surface area contributed by atoms with E-state index in [1.807, 2.05) is 0 Å². The molecule has 0 amide bonds. The maximum Gasteiger partial charge on any atom is 0.417 e. The van der Waals surface area contributed by atoms with Gasteiger partial charge in [-0.25, -0.2) is 9.18 Å². The largest absolute Gasteiger partial charge is 0.465 e. The van der Waals surface area contributed by atoms with Gasteiger partial charge in [-0.3, -0.25) is 0 Å². The van der Waals surface area contributed by atoms with Crippen LogP contribution in [-0.2, 0) is 17.3 Å². The molecule has 0 heterocycles. The van der Waals surface area contributed by atoms with E-state index < -0.39 is 34.5 Å². The van der Waals surface area contributed by atoms with Crippen LogP contribution in [0.1, 0.15) is 51.4 Å². The summed E-state index contributed by atoms with van der Waals surface area (Å²) in [6.07, 6.45) is -2.80. The Balaban J connectivity index is 2.22. The zero-order valence-electron chi connectivity index (χ0n) is 13.8. The average Bonchev–Trinajstić information content (AvgIpc) is 2.59. The molecule has 1 unspecified atom stereocenters. The van der Waals surface area contributed by atoms with Crippen LogP contribution in [0.4, 0.5) is 17.6 Å². The predicted octanol–water partition coefficient (Wildman–Crippen LogP) is 5.75. The number of ether oxygens (including phenoxy) is 1. The van der Waals surface area contributed by atoms with Crippen LogP contribution in [0.15, 0.2) is 30.3 Å². The van der Waals surface area contributed by atoms with Gasteiger partial charge in [0.15, 0.2) is 0 Å². The van der Waals surface area contributed by atoms with Crippen molar-refractivity contribution < 1.29 is 27.1 Å². The van der Waals surface area contributed by atoms with E-state index in [1.54, 1.807) is 6.07 Å². The number of fused-ring (bicyclic) bond motifs is 1. The van der Waals surface area contributed by atoms with Gasteiger partial charge < -0.3 is 4.74 Å². The van der Waals surface area contributed by atoms with Gasteiger partial charge in [0.2, 0.25) is 0 Å². The van der Waals surface area contributed by atoms with Crippen LogP contribution in [0, 0.1) is 5.82 Å². The molecule has 3 rings (SSSR count). The van der Waals surface area contributed by atoms with Crippen molar-refractivity contribution in [1.29, 1.82) is 0 Å². The fraction of sp³-hybridized carbons (Fsp3) is 0.316. The van der Waals surface area contributed by atoms with Crippen LogP contribution >= 0.6 is 11.6 Å². The standard InChI is InChI=1S/C19H15ClF4O2/c1-26-18(25)15-9-17(20)16(19(22,23)24)8-14(15)13-4-2-3-10-7-11(21)5-6-12(10)13/h5-9,13H,2-4H2,1H3. The van der Waals surface area contributed by atoms with Gasteiger partial charge in [-0.15, -0.1) is 0 Å². The van der Waals surface area contributed by atoms with E-state index in [1.165, 1.54) is 12.1 Å². The van der Waals surface area contributed by atoms with Gasteiger partial charge >= 0.3 is 12.1 Å². The lowest BCUT2D eigenvalue weighted by Crippen LogP contribution is -2.18. The van der Waals surface area contributed by atoms with Gasteiger partial charge in [-0.05, 0) is 60.2 Å². The van der Waals surface area contributed by atoms with E-state index in [9.17, 15) is 22.4 Å². The molecule has 0 radical (unpaired) electrons. The summed E-state index contributed by atoms with van der Waals surface area (Å²) >= 11 is 5.77. The topological polar surface area (TPSA) is 26.3 Å². The van der Waals surface area contributed by atoms with E-state index in [4.69, 9.17) is 16.3 Å². The molecule has 138 valence electrons. The molecule has 0 fully saturated rings. The lowest BCUT2D eigenvalue weighted by molar-refractivity contribution is -0.137. The van der Waals surface area contributed by atoms with Gasteiger partial charge in [0, 0.05) is 5.92 Å². The zero-order chi connectivity index (χ0) is 19.1. The monoisotopic (exact) mass is 386 g/mol. The molecule has 0 saturated carbocycles. The third kappa shape index (κ3) is 3.43. The smallest absolute Gasteiger partial charge is 0.417 e. The van der Waals surface area contributed by atoms with Crippen molar-refractivity contribution in [3.63, 3.8) is 0 Å². The van der Waals surface area contributed by atoms with E-state index in [-0.39, 0.29) is 11.1 Å². The van der Waals surface area contributed by atoms with Crippen molar-refractivity contribution >= 4 is 17.6 Å². The Morgan fingerprint density at radius 1 is 1.19 bits per heavy atom. The highest BCUT2D eigenvalue weighted by atomic mass is 35.5. The Bertz CT molecular complexity index is 861. The molecule has 0 aliphatic heterocycles. The van der Waals surface area contributed by atoms with Gasteiger partial charge in [0.1, 0.15) is 5.82 Å². The van der Waals surface area contributed by atoms with Crippen molar-refractivity contribution in [2.75, 3.05) is 7.11 Å². The van der Waals surface area contributed by atoms with Gasteiger partial charge in [0.05, 0.1) is 23.3 Å². The second-order valence-corrected chi connectivity index (χ2v) is 6.60. The first-order valence-electron chi connectivity index (χ1n) is 7.99. The van der Waals surface area contributed by atoms with Crippen LogP contribution in [0.5, 0.6) is 0 Å². The molecule has 1 aliphatic rings. The number of rotatable bonds is 2. The molecule has 1 atom stereocenters. The molecule has 2 nitrogen and oxygen atoms in total. The first kappa shape index (κ1) is 18.7. The quantitative estimate of drug-likeness (QED) is 0.485. The number of halogens is 5. The number of hydrogen-bond donors (Lipinski definition) is 0. The molecule has 26 heavy (non-hydrogen) atoms. The Kier molecular flexibility index (Phi) is 4.97.